The molecule has 2 heterocycles. The van der Waals surface area contributed by atoms with Gasteiger partial charge < -0.3 is 26.6 Å². The van der Waals surface area contributed by atoms with Crippen LogP contribution in [0, 0.1) is 27.1 Å². The largest absolute Gasteiger partial charge is 0.349 e. The fourth-order valence-electron chi connectivity index (χ4n) is 11.8. The van der Waals surface area contributed by atoms with Gasteiger partial charge in [-0.3, -0.25) is 19.2 Å². The number of rotatable bonds is 30. The Labute approximate surface area is 543 Å². The number of hydrogen-bond donors (Lipinski definition) is 5. The van der Waals surface area contributed by atoms with Crippen LogP contribution in [0.4, 0.5) is 41.1 Å². The fraction of sp³-hybridized carbons (Fsp3) is 0.553. The van der Waals surface area contributed by atoms with E-state index in [0.29, 0.717) is 46.9 Å². The molecule has 0 fully saturated rings. The van der Waals surface area contributed by atoms with Gasteiger partial charge in [-0.25, -0.2) is 0 Å². The van der Waals surface area contributed by atoms with Crippen LogP contribution in [0.15, 0.2) is 72.8 Å². The lowest BCUT2D eigenvalue weighted by atomic mass is 9.75. The molecule has 2 aliphatic carbocycles. The van der Waals surface area contributed by atoms with Gasteiger partial charge in [-0.05, 0) is 143 Å². The van der Waals surface area contributed by atoms with E-state index in [1.54, 1.807) is 72.8 Å². The van der Waals surface area contributed by atoms with E-state index in [0.717, 1.165) is 83.5 Å². The molecule has 15 nitrogen and oxygen atoms in total. The number of aromatic nitrogens is 6. The third-order valence-corrected chi connectivity index (χ3v) is 20.1. The number of nitrogens with one attached hydrogen (secondary N) is 5. The van der Waals surface area contributed by atoms with Crippen LogP contribution >= 0.6 is 0 Å². The van der Waals surface area contributed by atoms with Crippen LogP contribution in [-0.4, -0.2) is 69.7 Å². The van der Waals surface area contributed by atoms with Crippen molar-refractivity contribution < 1.29 is 19.2 Å². The Morgan fingerprint density at radius 2 is 0.604 bits per heavy atom. The van der Waals surface area contributed by atoms with Gasteiger partial charge in [-0.1, -0.05) is 190 Å². The molecule has 2 aliphatic rings. The zero-order valence-electron chi connectivity index (χ0n) is 58.6. The molecule has 488 valence electrons. The van der Waals surface area contributed by atoms with E-state index in [9.17, 15) is 0 Å². The van der Waals surface area contributed by atoms with Crippen molar-refractivity contribution in [2.75, 3.05) is 26.6 Å². The molecule has 5 N–H and O–H groups in total. The summed E-state index contributed by atoms with van der Waals surface area (Å²) in [5, 5.41) is 17.8. The van der Waals surface area contributed by atoms with Gasteiger partial charge in [-0.2, -0.15) is 29.9 Å². The van der Waals surface area contributed by atoms with Crippen molar-refractivity contribution in [1.82, 2.24) is 29.9 Å². The van der Waals surface area contributed by atoms with Gasteiger partial charge >= 0.3 is 0 Å². The summed E-state index contributed by atoms with van der Waals surface area (Å²) in [5.74, 6) is 0.413. The zero-order valence-corrected chi connectivity index (χ0v) is 58.6. The average molecular weight is 1240 g/mol. The van der Waals surface area contributed by atoms with Crippen molar-refractivity contribution in [2.24, 2.45) is 27.1 Å². The predicted octanol–water partition coefficient (Wildman–Crippen LogP) is 19.2. The maximum Gasteiger partial charge on any atom is 0.233 e. The molecule has 15 heteroatoms. The number of hydrogen-bond acceptors (Lipinski definition) is 15. The van der Waals surface area contributed by atoms with E-state index in [-0.39, 0.29) is 89.2 Å². The number of carbonyl (C=O) groups excluding carboxylic acids is 4. The highest BCUT2D eigenvalue weighted by molar-refractivity contribution is 6.35. The molecular weight excluding hydrogens is 1130 g/mol. The summed E-state index contributed by atoms with van der Waals surface area (Å²) >= 11 is 0. The normalized spacial score (nSPS) is 14.0. The molecule has 0 aliphatic heterocycles. The highest BCUT2D eigenvalue weighted by Crippen LogP contribution is 2.46. The number of benzene rings is 4. The zero-order chi connectivity index (χ0) is 66.9. The summed E-state index contributed by atoms with van der Waals surface area (Å²) < 4.78 is 0. The highest BCUT2D eigenvalue weighted by Gasteiger charge is 2.40. The monoisotopic (exact) mass is 1240 g/mol. The van der Waals surface area contributed by atoms with Crippen LogP contribution in [-0.2, 0) is 6.42 Å². The molecule has 0 saturated heterocycles. The second-order valence-electron chi connectivity index (χ2n) is 32.0. The first-order chi connectivity index (χ1) is 42.4. The first-order valence-electron chi connectivity index (χ1n) is 33.5. The number of nitrogens with zero attached hydrogens (tertiary/aromatic N) is 6. The Morgan fingerprint density at radius 1 is 0.308 bits per heavy atom. The van der Waals surface area contributed by atoms with Crippen molar-refractivity contribution >= 4 is 64.2 Å². The summed E-state index contributed by atoms with van der Waals surface area (Å²) in [6, 6.07) is 20.5. The first kappa shape index (κ1) is 69.5. The van der Waals surface area contributed by atoms with Crippen molar-refractivity contribution in [2.45, 2.75) is 245 Å². The second-order valence-corrected chi connectivity index (χ2v) is 32.0. The van der Waals surface area contributed by atoms with E-state index in [1.165, 1.54) is 0 Å². The SMILES string of the molecule is CCC(C)(C)CCCC(C)(C)Nc1nc(Nc2ccc(-c3ccc(Nc4nc(CC(C)(C)CCC(C)(C)CC)nc(NC(C)(C)CCC(C)(C)CC)n4)c4c3C(=O)c3ccccc3C4=O)c3c2C(=O)c2ccccc2C3=O)nc(NC(C)(C)CCC(C)(C)CC)n1. The number of fused-ring (bicyclic) bond motifs is 4. The summed E-state index contributed by atoms with van der Waals surface area (Å²) in [7, 11) is 0. The molecule has 0 radical (unpaired) electrons. The molecule has 0 spiro atoms. The van der Waals surface area contributed by atoms with E-state index in [1.807, 2.05) is 0 Å². The van der Waals surface area contributed by atoms with E-state index < -0.39 is 39.7 Å². The van der Waals surface area contributed by atoms with E-state index in [2.05, 4.69) is 165 Å². The van der Waals surface area contributed by atoms with Gasteiger partial charge in [0, 0.05) is 56.4 Å². The van der Waals surface area contributed by atoms with Crippen LogP contribution in [0.2, 0.25) is 0 Å². The van der Waals surface area contributed by atoms with Crippen LogP contribution in [0.3, 0.4) is 0 Å². The molecule has 8 rings (SSSR count). The Hall–Kier alpha value is -7.42. The van der Waals surface area contributed by atoms with Crippen LogP contribution < -0.4 is 26.6 Å². The summed E-state index contributed by atoms with van der Waals surface area (Å²) in [6.45, 7) is 44.7. The van der Waals surface area contributed by atoms with Gasteiger partial charge in [0.25, 0.3) is 0 Å². The van der Waals surface area contributed by atoms with Crippen molar-refractivity contribution in [3.05, 3.63) is 123 Å². The fourth-order valence-corrected chi connectivity index (χ4v) is 11.8. The lowest BCUT2D eigenvalue weighted by Gasteiger charge is -2.32. The molecule has 0 atom stereocenters. The lowest BCUT2D eigenvalue weighted by molar-refractivity contribution is 0.0978. The minimum atomic E-state index is -0.417. The van der Waals surface area contributed by atoms with Gasteiger partial charge in [0.1, 0.15) is 5.82 Å². The summed E-state index contributed by atoms with van der Waals surface area (Å²) in [6.07, 6.45) is 13.4. The number of carbonyl (C=O) groups is 4. The van der Waals surface area contributed by atoms with Gasteiger partial charge in [0.05, 0.1) is 22.5 Å². The molecule has 2 aromatic heterocycles. The summed E-state index contributed by atoms with van der Waals surface area (Å²) in [5.41, 5.74) is 1.75. The maximum absolute atomic E-state index is 15.5. The molecule has 0 bridgehead atoms. The molecular formula is C76H105N11O4. The van der Waals surface area contributed by atoms with Gasteiger partial charge in [-0.15, -0.1) is 0 Å². The summed E-state index contributed by atoms with van der Waals surface area (Å²) in [4.78, 5) is 91.7. The minimum absolute atomic E-state index is 0.0741. The molecule has 0 unspecified atom stereocenters. The third-order valence-electron chi connectivity index (χ3n) is 20.1. The molecule has 0 saturated carbocycles. The van der Waals surface area contributed by atoms with Crippen LogP contribution in [0.5, 0.6) is 0 Å². The lowest BCUT2D eigenvalue weighted by Crippen LogP contribution is -2.35. The number of anilines is 7. The van der Waals surface area contributed by atoms with E-state index in [4.69, 9.17) is 29.9 Å². The van der Waals surface area contributed by atoms with Gasteiger partial charge in [0.15, 0.2) is 23.1 Å². The smallest absolute Gasteiger partial charge is 0.233 e. The Bertz CT molecular complexity index is 3650. The minimum Gasteiger partial charge on any atom is -0.349 e. The predicted molar refractivity (Wildman–Crippen MR) is 373 cm³/mol. The van der Waals surface area contributed by atoms with Crippen LogP contribution in [0.1, 0.15) is 291 Å². The average Bonchev–Trinajstić information content (AvgIpc) is 0.726. The van der Waals surface area contributed by atoms with Crippen molar-refractivity contribution in [3.63, 3.8) is 0 Å². The Morgan fingerprint density at radius 3 is 0.989 bits per heavy atom. The van der Waals surface area contributed by atoms with Crippen molar-refractivity contribution in [1.29, 1.82) is 0 Å². The third kappa shape index (κ3) is 17.0. The van der Waals surface area contributed by atoms with Crippen molar-refractivity contribution in [3.8, 4) is 11.1 Å². The maximum atomic E-state index is 15.5. The highest BCUT2D eigenvalue weighted by atomic mass is 16.1. The molecule has 0 amide bonds. The molecule has 6 aromatic rings. The second kappa shape index (κ2) is 26.7. The topological polar surface area (TPSA) is 206 Å². The quantitative estimate of drug-likeness (QED) is 0.0284. The Kier molecular flexibility index (Phi) is 20.4. The van der Waals surface area contributed by atoms with Gasteiger partial charge in [0.2, 0.25) is 29.7 Å². The van der Waals surface area contributed by atoms with E-state index >= 15 is 19.2 Å². The standard InChI is InChI=1S/C76H105N11O4/c1-21-69(5,6)38-29-39-74(15,16)86-67-82-65(83-68(84-67)87-76(19,20)45-43-72(11,12)24-4)78-54-37-35-48(57-59(54)63(91)52-33-28-26-31-50(52)61(57)89)47-34-36-53(58-56(47)60(88)49-30-25-27-32-51(49)62(58)90)77-64-79-55(46-73(13,14)41-40-70(7,8)22-2)80-66(81-64)85-75(17,18)44-42-71(9,10)23-3/h25-28,30-37H,21-24,29,38-46H2,1-20H3,(H2,77,79,80,81,85)(H3,78,82,83,84,86,87). The molecule has 4 aromatic carbocycles. The Balaban J connectivity index is 1.26. The molecule has 91 heavy (non-hydrogen) atoms. The number of ketones is 4. The van der Waals surface area contributed by atoms with Crippen LogP contribution in [0.25, 0.3) is 11.1 Å². The first-order valence-corrected chi connectivity index (χ1v) is 33.5.